The Balaban J connectivity index is 1.40. The fourth-order valence-corrected chi connectivity index (χ4v) is 8.00. The van der Waals surface area contributed by atoms with E-state index in [1.807, 2.05) is 18.3 Å². The maximum atomic E-state index is 5.34. The molecule has 0 aliphatic carbocycles. The molecule has 7 aromatic carbocycles. The van der Waals surface area contributed by atoms with Crippen LogP contribution < -0.4 is 0 Å². The van der Waals surface area contributed by atoms with Crippen LogP contribution in [0.2, 0.25) is 0 Å². The van der Waals surface area contributed by atoms with Crippen molar-refractivity contribution in [3.63, 3.8) is 0 Å². The summed E-state index contributed by atoms with van der Waals surface area (Å²) in [5.74, 6) is 0. The molecule has 0 N–H and O–H groups in total. The summed E-state index contributed by atoms with van der Waals surface area (Å²) in [5.41, 5.74) is 9.84. The minimum Gasteiger partial charge on any atom is -0.307 e. The molecular formula is C45H30N4. The highest BCUT2D eigenvalue weighted by Gasteiger charge is 2.24. The Kier molecular flexibility index (Phi) is 6.06. The van der Waals surface area contributed by atoms with Gasteiger partial charge >= 0.3 is 0 Å². The standard InChI is InChI=1S/C45H30N4/c1-46-28-40(42(31-15-6-3-7-16-31)47-27-29-13-4-2-5-14-29)48-38-21-10-8-18-33(38)36-25-23-30-24-26-37-35-20-12-19-34-32-17-9-11-22-39(32)49(43(34)35)45(37)41(30)44(36)48/h2-26,28H,1,27H2/b40-28+,47-42?. The van der Waals surface area contributed by atoms with E-state index in [0.717, 1.165) is 33.6 Å². The first-order valence-electron chi connectivity index (χ1n) is 16.6. The van der Waals surface area contributed by atoms with E-state index in [1.165, 1.54) is 59.6 Å². The van der Waals surface area contributed by atoms with Gasteiger partial charge in [-0.15, -0.1) is 0 Å². The molecule has 4 heteroatoms. The van der Waals surface area contributed by atoms with Gasteiger partial charge in [0.15, 0.2) is 0 Å². The first kappa shape index (κ1) is 27.6. The number of benzene rings is 7. The van der Waals surface area contributed by atoms with Crippen LogP contribution in [0.1, 0.15) is 11.1 Å². The molecule has 0 bridgehead atoms. The van der Waals surface area contributed by atoms with Gasteiger partial charge in [0.2, 0.25) is 0 Å². The molecule has 3 aromatic heterocycles. The maximum absolute atomic E-state index is 5.34. The monoisotopic (exact) mass is 626 g/mol. The number of hydrogen-bond donors (Lipinski definition) is 0. The lowest BCUT2D eigenvalue weighted by Crippen LogP contribution is -2.12. The second-order valence-electron chi connectivity index (χ2n) is 12.6. The van der Waals surface area contributed by atoms with E-state index >= 15 is 0 Å². The van der Waals surface area contributed by atoms with Gasteiger partial charge in [0.25, 0.3) is 0 Å². The lowest BCUT2D eigenvalue weighted by atomic mass is 10.0. The normalized spacial score (nSPS) is 12.9. The Hall–Kier alpha value is -6.52. The number of fused-ring (bicyclic) bond motifs is 12. The highest BCUT2D eigenvalue weighted by Crippen LogP contribution is 2.45. The number of hydrogen-bond acceptors (Lipinski definition) is 2. The third-order valence-corrected chi connectivity index (χ3v) is 10.0. The third-order valence-electron chi connectivity index (χ3n) is 10.0. The van der Waals surface area contributed by atoms with Gasteiger partial charge in [-0.25, -0.2) is 0 Å². The quantitative estimate of drug-likeness (QED) is 0.165. The van der Waals surface area contributed by atoms with Crippen LogP contribution in [-0.4, -0.2) is 21.4 Å². The minimum atomic E-state index is 0.537. The average molecular weight is 627 g/mol. The number of aliphatic imine (C=N–C) groups is 2. The highest BCUT2D eigenvalue weighted by molar-refractivity contribution is 6.35. The molecule has 0 atom stereocenters. The zero-order valence-corrected chi connectivity index (χ0v) is 26.7. The molecule has 0 saturated heterocycles. The summed E-state index contributed by atoms with van der Waals surface area (Å²) in [6, 6.07) is 54.1. The molecule has 3 heterocycles. The molecule has 0 fully saturated rings. The fourth-order valence-electron chi connectivity index (χ4n) is 8.00. The molecule has 49 heavy (non-hydrogen) atoms. The lowest BCUT2D eigenvalue weighted by Gasteiger charge is -2.17. The molecule has 230 valence electrons. The van der Waals surface area contributed by atoms with Crippen LogP contribution in [0.3, 0.4) is 0 Å². The summed E-state index contributed by atoms with van der Waals surface area (Å²) in [7, 11) is 0. The van der Waals surface area contributed by atoms with E-state index in [1.54, 1.807) is 0 Å². The van der Waals surface area contributed by atoms with E-state index in [2.05, 4.69) is 160 Å². The molecule has 10 rings (SSSR count). The summed E-state index contributed by atoms with van der Waals surface area (Å²) in [6.45, 7) is 4.50. The molecule has 0 saturated carbocycles. The first-order valence-corrected chi connectivity index (χ1v) is 16.6. The number of para-hydroxylation sites is 3. The van der Waals surface area contributed by atoms with E-state index in [4.69, 9.17) is 4.99 Å². The van der Waals surface area contributed by atoms with Crippen molar-refractivity contribution in [3.05, 3.63) is 169 Å². The molecule has 0 unspecified atom stereocenters. The second kappa shape index (κ2) is 10.8. The van der Waals surface area contributed by atoms with Crippen molar-refractivity contribution in [1.29, 1.82) is 0 Å². The summed E-state index contributed by atoms with van der Waals surface area (Å²) in [6.07, 6.45) is 1.88. The summed E-state index contributed by atoms with van der Waals surface area (Å²) < 4.78 is 4.88. The van der Waals surface area contributed by atoms with Crippen molar-refractivity contribution in [2.24, 2.45) is 9.98 Å². The van der Waals surface area contributed by atoms with Crippen LogP contribution >= 0.6 is 0 Å². The van der Waals surface area contributed by atoms with Crippen LogP contribution in [-0.2, 0) is 6.54 Å². The second-order valence-corrected chi connectivity index (χ2v) is 12.6. The Morgan fingerprint density at radius 3 is 1.84 bits per heavy atom. The van der Waals surface area contributed by atoms with Gasteiger partial charge in [0.1, 0.15) is 0 Å². The molecule has 0 radical (unpaired) electrons. The predicted molar refractivity (Wildman–Crippen MR) is 209 cm³/mol. The molecule has 0 amide bonds. The van der Waals surface area contributed by atoms with Crippen molar-refractivity contribution in [2.75, 3.05) is 0 Å². The van der Waals surface area contributed by atoms with Crippen LogP contribution in [0.25, 0.3) is 76.4 Å². The molecule has 0 aliphatic heterocycles. The van der Waals surface area contributed by atoms with E-state index in [9.17, 15) is 0 Å². The summed E-state index contributed by atoms with van der Waals surface area (Å²) in [5, 5.41) is 9.82. The fraction of sp³-hybridized carbons (Fsp3) is 0.0222. The van der Waals surface area contributed by atoms with Crippen molar-refractivity contribution >= 4 is 88.8 Å². The van der Waals surface area contributed by atoms with Gasteiger partial charge in [-0.05, 0) is 29.8 Å². The Morgan fingerprint density at radius 1 is 0.531 bits per heavy atom. The molecule has 0 aliphatic rings. The van der Waals surface area contributed by atoms with Crippen LogP contribution in [0.15, 0.2) is 168 Å². The molecule has 10 aromatic rings. The van der Waals surface area contributed by atoms with Crippen LogP contribution in [0.4, 0.5) is 0 Å². The smallest absolute Gasteiger partial charge is 0.0907 e. The molecule has 0 spiro atoms. The maximum Gasteiger partial charge on any atom is 0.0907 e. The Bertz CT molecular complexity index is 2960. The van der Waals surface area contributed by atoms with Gasteiger partial charge in [0, 0.05) is 43.3 Å². The summed E-state index contributed by atoms with van der Waals surface area (Å²) in [4.78, 5) is 9.77. The van der Waals surface area contributed by atoms with Crippen LogP contribution in [0.5, 0.6) is 0 Å². The van der Waals surface area contributed by atoms with Crippen molar-refractivity contribution in [2.45, 2.75) is 6.54 Å². The lowest BCUT2D eigenvalue weighted by molar-refractivity contribution is 1.06. The van der Waals surface area contributed by atoms with Crippen molar-refractivity contribution in [1.82, 2.24) is 8.97 Å². The van der Waals surface area contributed by atoms with Gasteiger partial charge in [-0.2, -0.15) is 0 Å². The number of rotatable bonds is 6. The number of nitrogens with zero attached hydrogens (tertiary/aromatic N) is 4. The minimum absolute atomic E-state index is 0.537. The van der Waals surface area contributed by atoms with Gasteiger partial charge in [-0.3, -0.25) is 9.98 Å². The van der Waals surface area contributed by atoms with E-state index in [0.29, 0.717) is 6.54 Å². The predicted octanol–water partition coefficient (Wildman–Crippen LogP) is 11.3. The highest BCUT2D eigenvalue weighted by atomic mass is 15.0. The van der Waals surface area contributed by atoms with Gasteiger partial charge in [0.05, 0.1) is 51.7 Å². The average Bonchev–Trinajstić information content (AvgIpc) is 3.80. The van der Waals surface area contributed by atoms with Crippen molar-refractivity contribution < 1.29 is 0 Å². The number of allylic oxidation sites excluding steroid dienone is 1. The first-order chi connectivity index (χ1) is 24.3. The van der Waals surface area contributed by atoms with Crippen LogP contribution in [0, 0.1) is 0 Å². The SMILES string of the molecule is C=N/C=C(\C(=NCc1ccccc1)c1ccccc1)n1c2ccccc2c2ccc3ccc4c5cccc6c7ccccc7n(c65)c4c3c21. The molecule has 4 nitrogen and oxygen atoms in total. The topological polar surface area (TPSA) is 34.1 Å². The Morgan fingerprint density at radius 2 is 1.10 bits per heavy atom. The van der Waals surface area contributed by atoms with E-state index in [-0.39, 0.29) is 0 Å². The molecular weight excluding hydrogens is 597 g/mol. The largest absolute Gasteiger partial charge is 0.307 e. The zero-order chi connectivity index (χ0) is 32.5. The number of aromatic nitrogens is 2. The van der Waals surface area contributed by atoms with Gasteiger partial charge < -0.3 is 8.97 Å². The zero-order valence-electron chi connectivity index (χ0n) is 26.7. The Labute approximate surface area is 282 Å². The third kappa shape index (κ3) is 3.98. The van der Waals surface area contributed by atoms with Crippen molar-refractivity contribution in [3.8, 4) is 0 Å². The van der Waals surface area contributed by atoms with Gasteiger partial charge in [-0.1, -0.05) is 140 Å². The van der Waals surface area contributed by atoms with E-state index < -0.39 is 0 Å². The summed E-state index contributed by atoms with van der Waals surface area (Å²) >= 11 is 0.